The van der Waals surface area contributed by atoms with Gasteiger partial charge in [-0.2, -0.15) is 0 Å². The number of aromatic nitrogens is 1. The fourth-order valence-corrected chi connectivity index (χ4v) is 1.92. The minimum absolute atomic E-state index is 0.223. The highest BCUT2D eigenvalue weighted by Gasteiger charge is 2.26. The van der Waals surface area contributed by atoms with Gasteiger partial charge in [0.15, 0.2) is 5.78 Å². The van der Waals surface area contributed by atoms with Gasteiger partial charge < -0.3 is 4.90 Å². The summed E-state index contributed by atoms with van der Waals surface area (Å²) in [6.07, 6.45) is 1.67. The van der Waals surface area contributed by atoms with Gasteiger partial charge in [0.25, 0.3) is 0 Å². The van der Waals surface area contributed by atoms with E-state index >= 15 is 0 Å². The van der Waals surface area contributed by atoms with Gasteiger partial charge in [0.2, 0.25) is 0 Å². The Kier molecular flexibility index (Phi) is 2.26. The van der Waals surface area contributed by atoms with Gasteiger partial charge >= 0.3 is 0 Å². The highest BCUT2D eigenvalue weighted by Crippen LogP contribution is 2.27. The van der Waals surface area contributed by atoms with Crippen molar-refractivity contribution in [2.45, 2.75) is 0 Å². The van der Waals surface area contributed by atoms with Crippen molar-refractivity contribution in [1.82, 2.24) is 4.98 Å². The van der Waals surface area contributed by atoms with Crippen LogP contribution in [0.4, 0.5) is 5.82 Å². The van der Waals surface area contributed by atoms with Gasteiger partial charge in [-0.25, -0.2) is 4.98 Å². The molecule has 1 aliphatic rings. The monoisotopic (exact) mass is 260 g/mol. The quantitative estimate of drug-likeness (QED) is 0.774. The molecule has 0 saturated carbocycles. The van der Waals surface area contributed by atoms with E-state index < -0.39 is 0 Å². The fraction of sp³-hybridized carbons (Fsp3) is 0.250. The lowest BCUT2D eigenvalue weighted by atomic mass is 10.2. The number of ketones is 1. The Hall–Kier alpha value is -0.610. The van der Waals surface area contributed by atoms with Gasteiger partial charge in [-0.05, 0) is 22.0 Å². The van der Waals surface area contributed by atoms with E-state index in [0.717, 1.165) is 4.47 Å². The van der Waals surface area contributed by atoms with Crippen molar-refractivity contribution < 1.29 is 4.79 Å². The molecule has 1 aromatic rings. The summed E-state index contributed by atoms with van der Waals surface area (Å²) in [7, 11) is 0. The molecule has 5 heteroatoms. The summed E-state index contributed by atoms with van der Waals surface area (Å²) < 4.78 is 0.841. The molecule has 1 fully saturated rings. The molecule has 0 bridgehead atoms. The maximum Gasteiger partial charge on any atom is 0.171 e. The molecule has 0 radical (unpaired) electrons. The molecular formula is C8H6BrClN2O. The molecule has 2 heterocycles. The minimum Gasteiger partial charge on any atom is -0.341 e. The normalized spacial score (nSPS) is 15.8. The molecule has 3 nitrogen and oxygen atoms in total. The number of halogens is 2. The van der Waals surface area contributed by atoms with Crippen molar-refractivity contribution in [3.63, 3.8) is 0 Å². The van der Waals surface area contributed by atoms with Crippen LogP contribution in [0.5, 0.6) is 0 Å². The van der Waals surface area contributed by atoms with Crippen molar-refractivity contribution >= 4 is 39.1 Å². The average molecular weight is 262 g/mol. The highest BCUT2D eigenvalue weighted by atomic mass is 79.9. The third-order valence-corrected chi connectivity index (χ3v) is 2.53. The average Bonchev–Trinajstić information content (AvgIpc) is 2.00. The number of hydrogen-bond acceptors (Lipinski definition) is 3. The number of nitrogens with zero attached hydrogens (tertiary/aromatic N) is 2. The second kappa shape index (κ2) is 3.27. The van der Waals surface area contributed by atoms with Crippen molar-refractivity contribution in [1.29, 1.82) is 0 Å². The number of rotatable bonds is 1. The highest BCUT2D eigenvalue weighted by molar-refractivity contribution is 9.10. The maximum absolute atomic E-state index is 10.7. The molecule has 68 valence electrons. The molecule has 0 amide bonds. The predicted octanol–water partition coefficient (Wildman–Crippen LogP) is 1.89. The fourth-order valence-electron chi connectivity index (χ4n) is 1.17. The van der Waals surface area contributed by atoms with Crippen LogP contribution in [0, 0.1) is 0 Å². The molecule has 0 unspecified atom stereocenters. The first kappa shape index (κ1) is 8.97. The van der Waals surface area contributed by atoms with Crippen LogP contribution in [-0.4, -0.2) is 23.9 Å². The van der Waals surface area contributed by atoms with Gasteiger partial charge in [-0.3, -0.25) is 4.79 Å². The van der Waals surface area contributed by atoms with E-state index in [2.05, 4.69) is 20.9 Å². The Morgan fingerprint density at radius 3 is 2.77 bits per heavy atom. The van der Waals surface area contributed by atoms with Crippen LogP contribution in [0.1, 0.15) is 0 Å². The third kappa shape index (κ3) is 1.69. The van der Waals surface area contributed by atoms with Crippen LogP contribution < -0.4 is 4.90 Å². The van der Waals surface area contributed by atoms with E-state index in [1.165, 1.54) is 0 Å². The van der Waals surface area contributed by atoms with Gasteiger partial charge in [-0.15, -0.1) is 0 Å². The third-order valence-electron chi connectivity index (χ3n) is 1.82. The first-order valence-corrected chi connectivity index (χ1v) is 4.91. The van der Waals surface area contributed by atoms with E-state index in [1.807, 2.05) is 4.90 Å². The molecule has 0 atom stereocenters. The SMILES string of the molecule is O=C1CN(c2ncc(Br)cc2Cl)C1. The molecule has 1 aromatic heterocycles. The molecular weight excluding hydrogens is 255 g/mol. The van der Waals surface area contributed by atoms with Gasteiger partial charge in [-0.1, -0.05) is 11.6 Å². The summed E-state index contributed by atoms with van der Waals surface area (Å²) in [5, 5.41) is 0.571. The number of Topliss-reactive ketones (excluding diaryl/α,β-unsaturated/α-hetero) is 1. The van der Waals surface area contributed by atoms with Crippen LogP contribution >= 0.6 is 27.5 Å². The zero-order valence-corrected chi connectivity index (χ0v) is 8.97. The smallest absolute Gasteiger partial charge is 0.171 e. The van der Waals surface area contributed by atoms with E-state index in [1.54, 1.807) is 12.3 Å². The number of carbonyl (C=O) groups is 1. The van der Waals surface area contributed by atoms with Crippen LogP contribution in [0.25, 0.3) is 0 Å². The number of pyridine rings is 1. The first-order chi connectivity index (χ1) is 6.16. The van der Waals surface area contributed by atoms with E-state index in [9.17, 15) is 4.79 Å². The van der Waals surface area contributed by atoms with E-state index in [0.29, 0.717) is 23.9 Å². The van der Waals surface area contributed by atoms with Crippen molar-refractivity contribution in [3.8, 4) is 0 Å². The minimum atomic E-state index is 0.223. The number of anilines is 1. The molecule has 0 aliphatic carbocycles. The number of hydrogen-bond donors (Lipinski definition) is 0. The summed E-state index contributed by atoms with van der Waals surface area (Å²) in [6.45, 7) is 0.850. The molecule has 1 aliphatic heterocycles. The Labute approximate surface area is 88.8 Å². The topological polar surface area (TPSA) is 33.2 Å². The molecule has 0 N–H and O–H groups in total. The Bertz CT molecular complexity index is 361. The summed E-state index contributed by atoms with van der Waals surface area (Å²) in [6, 6.07) is 1.77. The first-order valence-electron chi connectivity index (χ1n) is 3.74. The molecule has 1 saturated heterocycles. The van der Waals surface area contributed by atoms with Gasteiger partial charge in [0, 0.05) is 10.7 Å². The summed E-state index contributed by atoms with van der Waals surface area (Å²) in [4.78, 5) is 16.7. The number of carbonyl (C=O) groups excluding carboxylic acids is 1. The summed E-state index contributed by atoms with van der Waals surface area (Å²) in [5.74, 6) is 0.908. The Balaban J connectivity index is 2.26. The summed E-state index contributed by atoms with van der Waals surface area (Å²) in [5.41, 5.74) is 0. The van der Waals surface area contributed by atoms with E-state index in [4.69, 9.17) is 11.6 Å². The Morgan fingerprint density at radius 2 is 2.23 bits per heavy atom. The van der Waals surface area contributed by atoms with Crippen molar-refractivity contribution in [2.75, 3.05) is 18.0 Å². The van der Waals surface area contributed by atoms with Crippen LogP contribution in [0.15, 0.2) is 16.7 Å². The van der Waals surface area contributed by atoms with Crippen molar-refractivity contribution in [3.05, 3.63) is 21.8 Å². The lowest BCUT2D eigenvalue weighted by Crippen LogP contribution is -2.47. The van der Waals surface area contributed by atoms with Crippen molar-refractivity contribution in [2.24, 2.45) is 0 Å². The Morgan fingerprint density at radius 1 is 1.54 bits per heavy atom. The lowest BCUT2D eigenvalue weighted by Gasteiger charge is -2.30. The van der Waals surface area contributed by atoms with Crippen LogP contribution in [0.3, 0.4) is 0 Å². The van der Waals surface area contributed by atoms with E-state index in [-0.39, 0.29) is 5.78 Å². The molecule has 0 aromatic carbocycles. The summed E-state index contributed by atoms with van der Waals surface area (Å²) >= 11 is 9.20. The largest absolute Gasteiger partial charge is 0.341 e. The zero-order valence-electron chi connectivity index (χ0n) is 6.63. The second-order valence-corrected chi connectivity index (χ2v) is 4.18. The van der Waals surface area contributed by atoms with Crippen LogP contribution in [-0.2, 0) is 4.79 Å². The second-order valence-electron chi connectivity index (χ2n) is 2.85. The van der Waals surface area contributed by atoms with Gasteiger partial charge in [0.1, 0.15) is 5.82 Å². The van der Waals surface area contributed by atoms with Gasteiger partial charge in [0.05, 0.1) is 18.1 Å². The lowest BCUT2D eigenvalue weighted by molar-refractivity contribution is -0.119. The van der Waals surface area contributed by atoms with Crippen LogP contribution in [0.2, 0.25) is 5.02 Å². The molecule has 0 spiro atoms. The zero-order chi connectivity index (χ0) is 9.42. The maximum atomic E-state index is 10.7. The standard InChI is InChI=1S/C8H6BrClN2O/c9-5-1-7(10)8(11-2-5)12-3-6(13)4-12/h1-2H,3-4H2. The molecule has 13 heavy (non-hydrogen) atoms. The predicted molar refractivity (Wildman–Crippen MR) is 54.2 cm³/mol. The molecule has 2 rings (SSSR count).